The molecule has 1 aromatic heterocycles. The zero-order valence-electron chi connectivity index (χ0n) is 8.68. The molecule has 0 atom stereocenters. The monoisotopic (exact) mass is 213 g/mol. The van der Waals surface area contributed by atoms with E-state index in [0.717, 1.165) is 18.8 Å². The van der Waals surface area contributed by atoms with E-state index < -0.39 is 0 Å². The molecule has 78 valence electrons. The van der Waals surface area contributed by atoms with Crippen molar-refractivity contribution in [3.05, 3.63) is 29.1 Å². The zero-order chi connectivity index (χ0) is 10.6. The van der Waals surface area contributed by atoms with Crippen LogP contribution in [0.1, 0.15) is 18.3 Å². The minimum Gasteiger partial charge on any atom is -0.306 e. The van der Waals surface area contributed by atoms with Gasteiger partial charge in [-0.1, -0.05) is 18.2 Å². The summed E-state index contributed by atoms with van der Waals surface area (Å²) < 4.78 is 1.99. The lowest BCUT2D eigenvalue weighted by Crippen LogP contribution is -2.17. The lowest BCUT2D eigenvalue weighted by Gasteiger charge is -2.05. The van der Waals surface area contributed by atoms with Gasteiger partial charge in [0.1, 0.15) is 0 Å². The number of nitrogens with one attached hydrogen (secondary N) is 1. The molecule has 0 radical (unpaired) electrons. The summed E-state index contributed by atoms with van der Waals surface area (Å²) in [5, 5.41) is 8.17. The van der Waals surface area contributed by atoms with E-state index in [2.05, 4.69) is 30.0 Å². The molecule has 0 bridgehead atoms. The smallest absolute Gasteiger partial charge is 0.0597 e. The zero-order valence-corrected chi connectivity index (χ0v) is 9.43. The van der Waals surface area contributed by atoms with Gasteiger partial charge in [-0.05, 0) is 19.9 Å². The molecule has 0 aliphatic heterocycles. The molecule has 0 aliphatic rings. The van der Waals surface area contributed by atoms with Crippen LogP contribution < -0.4 is 5.32 Å². The van der Waals surface area contributed by atoms with Crippen LogP contribution in [0.25, 0.3) is 0 Å². The molecule has 0 saturated heterocycles. The Hall–Kier alpha value is -0.800. The molecule has 0 unspecified atom stereocenters. The van der Waals surface area contributed by atoms with Gasteiger partial charge in [-0.3, -0.25) is 4.68 Å². The number of hydrogen-bond donors (Lipinski definition) is 1. The molecule has 1 N–H and O–H groups in total. The topological polar surface area (TPSA) is 29.9 Å². The molecule has 0 aromatic carbocycles. The van der Waals surface area contributed by atoms with Gasteiger partial charge >= 0.3 is 0 Å². The first-order valence-corrected chi connectivity index (χ1v) is 5.08. The van der Waals surface area contributed by atoms with Crippen LogP contribution in [0, 0.1) is 6.92 Å². The van der Waals surface area contributed by atoms with Crippen molar-refractivity contribution in [3.63, 3.8) is 0 Å². The standard InChI is InChI=1S/C10H16ClN3/c1-4-14-10(5-9(3)13-14)7-12-6-8(2)11/h5,12H,2,4,6-7H2,1,3H3. The van der Waals surface area contributed by atoms with Gasteiger partial charge in [0, 0.05) is 24.7 Å². The van der Waals surface area contributed by atoms with Gasteiger partial charge in [0.15, 0.2) is 0 Å². The third-order valence-corrected chi connectivity index (χ3v) is 2.04. The normalized spacial score (nSPS) is 10.5. The summed E-state index contributed by atoms with van der Waals surface area (Å²) >= 11 is 5.64. The van der Waals surface area contributed by atoms with Crippen LogP contribution in [-0.2, 0) is 13.1 Å². The lowest BCUT2D eigenvalue weighted by atomic mass is 10.3. The number of hydrogen-bond acceptors (Lipinski definition) is 2. The van der Waals surface area contributed by atoms with Crippen molar-refractivity contribution < 1.29 is 0 Å². The Morgan fingerprint density at radius 2 is 2.43 bits per heavy atom. The SMILES string of the molecule is C=C(Cl)CNCc1cc(C)nn1CC. The fourth-order valence-electron chi connectivity index (χ4n) is 1.34. The molecule has 14 heavy (non-hydrogen) atoms. The first-order valence-electron chi connectivity index (χ1n) is 4.70. The van der Waals surface area contributed by atoms with Crippen molar-refractivity contribution >= 4 is 11.6 Å². The van der Waals surface area contributed by atoms with Crippen LogP contribution in [0.15, 0.2) is 17.7 Å². The fraction of sp³-hybridized carbons (Fsp3) is 0.500. The van der Waals surface area contributed by atoms with Gasteiger partial charge in [-0.25, -0.2) is 0 Å². The van der Waals surface area contributed by atoms with Crippen molar-refractivity contribution in [1.82, 2.24) is 15.1 Å². The molecule has 4 heteroatoms. The molecule has 0 fully saturated rings. The van der Waals surface area contributed by atoms with Crippen molar-refractivity contribution in [2.45, 2.75) is 26.9 Å². The molecule has 0 amide bonds. The Labute approximate surface area is 89.8 Å². The van der Waals surface area contributed by atoms with Crippen LogP contribution in [-0.4, -0.2) is 16.3 Å². The second-order valence-corrected chi connectivity index (χ2v) is 3.75. The molecule has 3 nitrogen and oxygen atoms in total. The Kier molecular flexibility index (Phi) is 4.17. The first-order chi connectivity index (χ1) is 6.63. The molecule has 0 spiro atoms. The van der Waals surface area contributed by atoms with E-state index in [1.54, 1.807) is 0 Å². The minimum absolute atomic E-state index is 0.629. The molecule has 0 saturated carbocycles. The number of aromatic nitrogens is 2. The van der Waals surface area contributed by atoms with E-state index in [0.29, 0.717) is 11.6 Å². The second-order valence-electron chi connectivity index (χ2n) is 3.21. The molecule has 0 aliphatic carbocycles. The van der Waals surface area contributed by atoms with Crippen LogP contribution >= 0.6 is 11.6 Å². The number of rotatable bonds is 5. The first kappa shape index (κ1) is 11.3. The number of halogens is 1. The van der Waals surface area contributed by atoms with Gasteiger partial charge in [-0.15, -0.1) is 0 Å². The Morgan fingerprint density at radius 3 is 3.00 bits per heavy atom. The molecular formula is C10H16ClN3. The molecule has 1 heterocycles. The number of aryl methyl sites for hydroxylation is 2. The van der Waals surface area contributed by atoms with Gasteiger partial charge in [0.25, 0.3) is 0 Å². The highest BCUT2D eigenvalue weighted by Gasteiger charge is 2.02. The predicted molar refractivity (Wildman–Crippen MR) is 59.3 cm³/mol. The maximum absolute atomic E-state index is 5.64. The van der Waals surface area contributed by atoms with E-state index in [4.69, 9.17) is 11.6 Å². The summed E-state index contributed by atoms with van der Waals surface area (Å²) in [6.07, 6.45) is 0. The van der Waals surface area contributed by atoms with Gasteiger partial charge < -0.3 is 5.32 Å². The van der Waals surface area contributed by atoms with Crippen molar-refractivity contribution in [1.29, 1.82) is 0 Å². The Morgan fingerprint density at radius 1 is 1.71 bits per heavy atom. The summed E-state index contributed by atoms with van der Waals surface area (Å²) in [6, 6.07) is 2.08. The van der Waals surface area contributed by atoms with Crippen LogP contribution in [0.5, 0.6) is 0 Å². The summed E-state index contributed by atoms with van der Waals surface area (Å²) in [4.78, 5) is 0. The third kappa shape index (κ3) is 3.16. The number of nitrogens with zero attached hydrogens (tertiary/aromatic N) is 2. The largest absolute Gasteiger partial charge is 0.306 e. The predicted octanol–water partition coefficient (Wildman–Crippen LogP) is 2.05. The molecule has 1 rings (SSSR count). The van der Waals surface area contributed by atoms with Gasteiger partial charge in [0.05, 0.1) is 11.4 Å². The quantitative estimate of drug-likeness (QED) is 0.812. The highest BCUT2D eigenvalue weighted by molar-refractivity contribution is 6.29. The summed E-state index contributed by atoms with van der Waals surface area (Å²) in [5.41, 5.74) is 2.23. The van der Waals surface area contributed by atoms with Crippen LogP contribution in [0.2, 0.25) is 0 Å². The third-order valence-electron chi connectivity index (χ3n) is 1.91. The summed E-state index contributed by atoms with van der Waals surface area (Å²) in [6.45, 7) is 10.00. The van der Waals surface area contributed by atoms with Gasteiger partial charge in [0.2, 0.25) is 0 Å². The van der Waals surface area contributed by atoms with Crippen LogP contribution in [0.4, 0.5) is 0 Å². The van der Waals surface area contributed by atoms with E-state index in [1.807, 2.05) is 11.6 Å². The average Bonchev–Trinajstić information content (AvgIpc) is 2.45. The fourth-order valence-corrected chi connectivity index (χ4v) is 1.44. The highest BCUT2D eigenvalue weighted by atomic mass is 35.5. The lowest BCUT2D eigenvalue weighted by molar-refractivity contribution is 0.592. The summed E-state index contributed by atoms with van der Waals surface area (Å²) in [5.74, 6) is 0. The summed E-state index contributed by atoms with van der Waals surface area (Å²) in [7, 11) is 0. The molecular weight excluding hydrogens is 198 g/mol. The molecule has 1 aromatic rings. The maximum Gasteiger partial charge on any atom is 0.0597 e. The van der Waals surface area contributed by atoms with E-state index in [1.165, 1.54) is 5.69 Å². The second kappa shape index (κ2) is 5.17. The Bertz CT molecular complexity index is 317. The van der Waals surface area contributed by atoms with Crippen molar-refractivity contribution in [3.8, 4) is 0 Å². The Balaban J connectivity index is 2.52. The minimum atomic E-state index is 0.629. The maximum atomic E-state index is 5.64. The van der Waals surface area contributed by atoms with E-state index in [-0.39, 0.29) is 0 Å². The van der Waals surface area contributed by atoms with Crippen molar-refractivity contribution in [2.24, 2.45) is 0 Å². The van der Waals surface area contributed by atoms with E-state index >= 15 is 0 Å². The highest BCUT2D eigenvalue weighted by Crippen LogP contribution is 2.03. The van der Waals surface area contributed by atoms with Gasteiger partial charge in [-0.2, -0.15) is 5.10 Å². The van der Waals surface area contributed by atoms with Crippen LogP contribution in [0.3, 0.4) is 0 Å². The average molecular weight is 214 g/mol. The van der Waals surface area contributed by atoms with Crippen molar-refractivity contribution in [2.75, 3.05) is 6.54 Å². The van der Waals surface area contributed by atoms with E-state index in [9.17, 15) is 0 Å².